The predicted octanol–water partition coefficient (Wildman–Crippen LogP) is 2.74. The standard InChI is InChI=1S/C16H19F3N4O2S/c1-26-9-13(24)20-15-14-11(22-5-7-25-8-6-22)3-2-4-12(14)23(21-15)10-16(17,18)19/h2-4H,5-10H2,1H3,(H,20,21,24). The van der Waals surface area contributed by atoms with E-state index in [0.29, 0.717) is 37.2 Å². The maximum absolute atomic E-state index is 12.9. The van der Waals surface area contributed by atoms with Gasteiger partial charge in [-0.1, -0.05) is 6.07 Å². The number of benzene rings is 1. The molecule has 0 radical (unpaired) electrons. The number of alkyl halides is 3. The van der Waals surface area contributed by atoms with Crippen molar-refractivity contribution in [3.8, 4) is 0 Å². The van der Waals surface area contributed by atoms with Gasteiger partial charge in [-0.05, 0) is 18.4 Å². The molecule has 2 aromatic rings. The molecule has 0 bridgehead atoms. The number of amides is 1. The number of hydrogen-bond acceptors (Lipinski definition) is 5. The number of nitrogens with zero attached hydrogens (tertiary/aromatic N) is 3. The van der Waals surface area contributed by atoms with Gasteiger partial charge >= 0.3 is 6.18 Å². The molecular formula is C16H19F3N4O2S. The molecule has 6 nitrogen and oxygen atoms in total. The molecule has 1 saturated heterocycles. The number of ether oxygens (including phenoxy) is 1. The summed E-state index contributed by atoms with van der Waals surface area (Å²) in [5.41, 5.74) is 1.09. The van der Waals surface area contributed by atoms with Crippen LogP contribution in [-0.4, -0.2) is 60.2 Å². The van der Waals surface area contributed by atoms with Gasteiger partial charge in [0.05, 0.1) is 35.6 Å². The van der Waals surface area contributed by atoms with Crippen molar-refractivity contribution in [1.29, 1.82) is 0 Å². The molecule has 142 valence electrons. The fourth-order valence-corrected chi connectivity index (χ4v) is 3.29. The van der Waals surface area contributed by atoms with Crippen molar-refractivity contribution in [3.63, 3.8) is 0 Å². The van der Waals surface area contributed by atoms with E-state index in [9.17, 15) is 18.0 Å². The Morgan fingerprint density at radius 1 is 1.35 bits per heavy atom. The van der Waals surface area contributed by atoms with Crippen molar-refractivity contribution in [2.45, 2.75) is 12.7 Å². The van der Waals surface area contributed by atoms with Crippen LogP contribution < -0.4 is 10.2 Å². The van der Waals surface area contributed by atoms with Gasteiger partial charge in [-0.15, -0.1) is 0 Å². The van der Waals surface area contributed by atoms with Gasteiger partial charge in [-0.2, -0.15) is 30.0 Å². The van der Waals surface area contributed by atoms with Gasteiger partial charge in [-0.25, -0.2) is 0 Å². The Hall–Kier alpha value is -1.94. The quantitative estimate of drug-likeness (QED) is 0.854. The van der Waals surface area contributed by atoms with Crippen LogP contribution in [0.3, 0.4) is 0 Å². The molecule has 0 unspecified atom stereocenters. The van der Waals surface area contributed by atoms with Crippen LogP contribution in [0.5, 0.6) is 0 Å². The number of thioether (sulfide) groups is 1. The van der Waals surface area contributed by atoms with E-state index in [-0.39, 0.29) is 17.5 Å². The molecule has 3 rings (SSSR count). The zero-order valence-electron chi connectivity index (χ0n) is 14.2. The number of halogens is 3. The van der Waals surface area contributed by atoms with Crippen molar-refractivity contribution in [1.82, 2.24) is 9.78 Å². The minimum Gasteiger partial charge on any atom is -0.378 e. The first kappa shape index (κ1) is 18.8. The lowest BCUT2D eigenvalue weighted by Gasteiger charge is -2.29. The topological polar surface area (TPSA) is 59.4 Å². The molecule has 1 aromatic heterocycles. The Bertz CT molecular complexity index is 788. The van der Waals surface area contributed by atoms with Gasteiger partial charge in [0, 0.05) is 13.1 Å². The Labute approximate surface area is 152 Å². The zero-order chi connectivity index (χ0) is 18.7. The summed E-state index contributed by atoms with van der Waals surface area (Å²) in [6.07, 6.45) is -2.63. The third-order valence-electron chi connectivity index (χ3n) is 3.97. The van der Waals surface area contributed by atoms with E-state index >= 15 is 0 Å². The summed E-state index contributed by atoms with van der Waals surface area (Å²) in [4.78, 5) is 14.0. The van der Waals surface area contributed by atoms with Crippen LogP contribution in [-0.2, 0) is 16.1 Å². The Morgan fingerprint density at radius 2 is 2.08 bits per heavy atom. The monoisotopic (exact) mass is 388 g/mol. The van der Waals surface area contributed by atoms with E-state index in [2.05, 4.69) is 10.4 Å². The molecule has 1 aliphatic heterocycles. The van der Waals surface area contributed by atoms with Crippen LogP contribution in [0.25, 0.3) is 10.9 Å². The first-order valence-electron chi connectivity index (χ1n) is 8.07. The second-order valence-electron chi connectivity index (χ2n) is 5.87. The number of anilines is 2. The third kappa shape index (κ3) is 4.24. The van der Waals surface area contributed by atoms with Crippen LogP contribution >= 0.6 is 11.8 Å². The minimum absolute atomic E-state index is 0.158. The summed E-state index contributed by atoms with van der Waals surface area (Å²) in [6, 6.07) is 5.12. The molecule has 1 aromatic carbocycles. The van der Waals surface area contributed by atoms with Crippen molar-refractivity contribution >= 4 is 40.1 Å². The van der Waals surface area contributed by atoms with E-state index in [4.69, 9.17) is 4.74 Å². The Balaban J connectivity index is 2.08. The third-order valence-corrected chi connectivity index (χ3v) is 4.52. The molecule has 2 heterocycles. The van der Waals surface area contributed by atoms with E-state index in [1.165, 1.54) is 11.8 Å². The van der Waals surface area contributed by atoms with Gasteiger partial charge in [0.2, 0.25) is 5.91 Å². The molecule has 1 fully saturated rings. The highest BCUT2D eigenvalue weighted by Gasteiger charge is 2.31. The number of nitrogens with one attached hydrogen (secondary N) is 1. The zero-order valence-corrected chi connectivity index (χ0v) is 15.0. The second kappa shape index (κ2) is 7.75. The summed E-state index contributed by atoms with van der Waals surface area (Å²) in [5.74, 6) is 0.0612. The van der Waals surface area contributed by atoms with Crippen molar-refractivity contribution in [2.24, 2.45) is 0 Å². The summed E-state index contributed by atoms with van der Waals surface area (Å²) in [5, 5.41) is 7.23. The first-order valence-corrected chi connectivity index (χ1v) is 9.46. The fourth-order valence-electron chi connectivity index (χ4n) is 2.96. The van der Waals surface area contributed by atoms with Crippen LogP contribution in [0.4, 0.5) is 24.7 Å². The Kier molecular flexibility index (Phi) is 5.61. The van der Waals surface area contributed by atoms with E-state index < -0.39 is 12.7 Å². The predicted molar refractivity (Wildman–Crippen MR) is 95.8 cm³/mol. The largest absolute Gasteiger partial charge is 0.408 e. The SMILES string of the molecule is CSCC(=O)Nc1nn(CC(F)(F)F)c2cccc(N3CCOCC3)c12. The molecule has 0 aliphatic carbocycles. The average molecular weight is 388 g/mol. The highest BCUT2D eigenvalue weighted by molar-refractivity contribution is 7.99. The van der Waals surface area contributed by atoms with Gasteiger partial charge < -0.3 is 15.0 Å². The van der Waals surface area contributed by atoms with Crippen LogP contribution in [0.2, 0.25) is 0 Å². The average Bonchev–Trinajstić information content (AvgIpc) is 2.92. The maximum Gasteiger partial charge on any atom is 0.408 e. The lowest BCUT2D eigenvalue weighted by molar-refractivity contribution is -0.141. The van der Waals surface area contributed by atoms with E-state index in [0.717, 1.165) is 10.4 Å². The van der Waals surface area contributed by atoms with Crippen LogP contribution in [0, 0.1) is 0 Å². The number of aromatic nitrogens is 2. The molecule has 1 aliphatic rings. The summed E-state index contributed by atoms with van der Waals surface area (Å²) in [6.45, 7) is 1.13. The molecular weight excluding hydrogens is 369 g/mol. The van der Waals surface area contributed by atoms with Crippen molar-refractivity contribution in [3.05, 3.63) is 18.2 Å². The number of hydrogen-bond donors (Lipinski definition) is 1. The molecule has 1 N–H and O–H groups in total. The van der Waals surface area contributed by atoms with Gasteiger partial charge in [0.25, 0.3) is 0 Å². The number of morpholine rings is 1. The van der Waals surface area contributed by atoms with Gasteiger partial charge in [-0.3, -0.25) is 9.48 Å². The van der Waals surface area contributed by atoms with E-state index in [1.807, 2.05) is 11.0 Å². The van der Waals surface area contributed by atoms with E-state index in [1.54, 1.807) is 18.4 Å². The summed E-state index contributed by atoms with van der Waals surface area (Å²) in [7, 11) is 0. The highest BCUT2D eigenvalue weighted by Crippen LogP contribution is 2.34. The lowest BCUT2D eigenvalue weighted by atomic mass is 10.1. The number of fused-ring (bicyclic) bond motifs is 1. The lowest BCUT2D eigenvalue weighted by Crippen LogP contribution is -2.36. The summed E-state index contributed by atoms with van der Waals surface area (Å²) < 4.78 is 45.1. The minimum atomic E-state index is -4.41. The van der Waals surface area contributed by atoms with Crippen LogP contribution in [0.1, 0.15) is 0 Å². The number of carbonyl (C=O) groups is 1. The van der Waals surface area contributed by atoms with Crippen molar-refractivity contribution in [2.75, 3.05) is 48.5 Å². The maximum atomic E-state index is 12.9. The van der Waals surface area contributed by atoms with Crippen molar-refractivity contribution < 1.29 is 22.7 Å². The molecule has 0 saturated carbocycles. The molecule has 1 amide bonds. The number of rotatable bonds is 5. The smallest absolute Gasteiger partial charge is 0.378 e. The molecule has 26 heavy (non-hydrogen) atoms. The van der Waals surface area contributed by atoms with Crippen LogP contribution in [0.15, 0.2) is 18.2 Å². The fraction of sp³-hybridized carbons (Fsp3) is 0.500. The van der Waals surface area contributed by atoms with Gasteiger partial charge in [0.15, 0.2) is 5.82 Å². The molecule has 0 atom stereocenters. The van der Waals surface area contributed by atoms with Gasteiger partial charge in [0.1, 0.15) is 6.54 Å². The summed E-state index contributed by atoms with van der Waals surface area (Å²) >= 11 is 1.33. The first-order chi connectivity index (χ1) is 12.4. The second-order valence-corrected chi connectivity index (χ2v) is 6.74. The normalized spacial score (nSPS) is 15.5. The number of carbonyl (C=O) groups excluding carboxylic acids is 1. The highest BCUT2D eigenvalue weighted by atomic mass is 32.2. The molecule has 10 heteroatoms. The Morgan fingerprint density at radius 3 is 2.73 bits per heavy atom. The molecule has 0 spiro atoms.